The highest BCUT2D eigenvalue weighted by atomic mass is 32.1. The largest absolute Gasteiger partial charge is 0.462 e. The summed E-state index contributed by atoms with van der Waals surface area (Å²) in [5, 5.41) is 6.65. The van der Waals surface area contributed by atoms with Gasteiger partial charge in [0.25, 0.3) is 0 Å². The SMILES string of the molecule is CCOC(=O)c1sc2nc(C)nc(NC(C(=O)NC)C(C)C)c2c1C. The average Bonchev–Trinajstić information content (AvgIpc) is 2.88. The standard InChI is InChI=1S/C17H24N4O3S/c1-7-24-17(23)13-9(4)11-14(19-10(5)20-16(11)25-13)21-12(8(2)3)15(22)18-6/h8,12H,7H2,1-6H3,(H,18,22)(H,19,20,21). The molecule has 1 unspecified atom stereocenters. The molecule has 25 heavy (non-hydrogen) atoms. The van der Waals surface area contributed by atoms with Crippen molar-refractivity contribution in [1.82, 2.24) is 15.3 Å². The van der Waals surface area contributed by atoms with Gasteiger partial charge in [0.05, 0.1) is 12.0 Å². The zero-order valence-corrected chi connectivity index (χ0v) is 16.2. The number of anilines is 1. The van der Waals surface area contributed by atoms with Gasteiger partial charge in [0.1, 0.15) is 27.4 Å². The molecule has 0 saturated heterocycles. The van der Waals surface area contributed by atoms with Gasteiger partial charge in [0.2, 0.25) is 5.91 Å². The van der Waals surface area contributed by atoms with Crippen LogP contribution in [0.2, 0.25) is 0 Å². The second-order valence-electron chi connectivity index (χ2n) is 6.06. The maximum Gasteiger partial charge on any atom is 0.348 e. The average molecular weight is 364 g/mol. The van der Waals surface area contributed by atoms with Crippen molar-refractivity contribution in [3.8, 4) is 0 Å². The first kappa shape index (κ1) is 19.1. The first-order valence-electron chi connectivity index (χ1n) is 8.23. The molecule has 1 amide bonds. The van der Waals surface area contributed by atoms with Gasteiger partial charge in [-0.05, 0) is 32.3 Å². The van der Waals surface area contributed by atoms with Gasteiger partial charge in [-0.15, -0.1) is 11.3 Å². The van der Waals surface area contributed by atoms with Crippen LogP contribution in [-0.2, 0) is 9.53 Å². The van der Waals surface area contributed by atoms with E-state index in [-0.39, 0.29) is 17.8 Å². The number of nitrogens with zero attached hydrogens (tertiary/aromatic N) is 2. The number of esters is 1. The van der Waals surface area contributed by atoms with Gasteiger partial charge in [-0.25, -0.2) is 14.8 Å². The molecule has 0 aliphatic rings. The van der Waals surface area contributed by atoms with Gasteiger partial charge in [-0.2, -0.15) is 0 Å². The Morgan fingerprint density at radius 1 is 1.24 bits per heavy atom. The monoisotopic (exact) mass is 364 g/mol. The number of aryl methyl sites for hydroxylation is 2. The molecule has 0 bridgehead atoms. The Bertz CT molecular complexity index is 801. The van der Waals surface area contributed by atoms with Gasteiger partial charge in [-0.1, -0.05) is 13.8 Å². The van der Waals surface area contributed by atoms with Crippen LogP contribution in [0.15, 0.2) is 0 Å². The quantitative estimate of drug-likeness (QED) is 0.766. The number of thiophene rings is 1. The van der Waals surface area contributed by atoms with E-state index < -0.39 is 6.04 Å². The van der Waals surface area contributed by atoms with Gasteiger partial charge in [-0.3, -0.25) is 4.79 Å². The minimum absolute atomic E-state index is 0.0636. The Hall–Kier alpha value is -2.22. The molecule has 0 aliphatic heterocycles. The van der Waals surface area contributed by atoms with Crippen molar-refractivity contribution in [1.29, 1.82) is 0 Å². The summed E-state index contributed by atoms with van der Waals surface area (Å²) in [6.45, 7) is 9.64. The Kier molecular flexibility index (Phi) is 5.94. The minimum Gasteiger partial charge on any atom is -0.462 e. The molecule has 0 saturated carbocycles. The van der Waals surface area contributed by atoms with Crippen LogP contribution in [-0.4, -0.2) is 41.5 Å². The number of aromatic nitrogens is 2. The summed E-state index contributed by atoms with van der Waals surface area (Å²) >= 11 is 1.28. The number of nitrogens with one attached hydrogen (secondary N) is 2. The van der Waals surface area contributed by atoms with Crippen LogP contribution in [0.5, 0.6) is 0 Å². The number of fused-ring (bicyclic) bond motifs is 1. The lowest BCUT2D eigenvalue weighted by Gasteiger charge is -2.22. The molecule has 2 aromatic heterocycles. The van der Waals surface area contributed by atoms with E-state index in [4.69, 9.17) is 4.74 Å². The number of likely N-dealkylation sites (N-methyl/N-ethyl adjacent to an activating group) is 1. The van der Waals surface area contributed by atoms with Gasteiger partial charge < -0.3 is 15.4 Å². The van der Waals surface area contributed by atoms with Crippen molar-refractivity contribution in [3.63, 3.8) is 0 Å². The molecule has 0 spiro atoms. The van der Waals surface area contributed by atoms with Crippen LogP contribution in [0.25, 0.3) is 10.2 Å². The molecule has 2 N–H and O–H groups in total. The van der Waals surface area contributed by atoms with E-state index in [1.165, 1.54) is 11.3 Å². The predicted octanol–water partition coefficient (Wildman–Crippen LogP) is 2.67. The molecule has 7 nitrogen and oxygen atoms in total. The van der Waals surface area contributed by atoms with E-state index in [1.54, 1.807) is 20.9 Å². The minimum atomic E-state index is -0.437. The molecule has 2 heterocycles. The number of carbonyl (C=O) groups is 2. The number of ether oxygens (including phenoxy) is 1. The third kappa shape index (κ3) is 3.89. The number of hydrogen-bond acceptors (Lipinski definition) is 7. The summed E-state index contributed by atoms with van der Waals surface area (Å²) in [5.74, 6) is 0.727. The smallest absolute Gasteiger partial charge is 0.348 e. The van der Waals surface area contributed by atoms with Crippen molar-refractivity contribution in [2.45, 2.75) is 40.7 Å². The van der Waals surface area contributed by atoms with Crippen LogP contribution in [0, 0.1) is 19.8 Å². The highest BCUT2D eigenvalue weighted by Crippen LogP contribution is 2.34. The van der Waals surface area contributed by atoms with E-state index in [9.17, 15) is 9.59 Å². The molecule has 0 aromatic carbocycles. The maximum atomic E-state index is 12.2. The number of rotatable bonds is 6. The topological polar surface area (TPSA) is 93.2 Å². The number of hydrogen-bond donors (Lipinski definition) is 2. The molecule has 0 radical (unpaired) electrons. The number of carbonyl (C=O) groups excluding carboxylic acids is 2. The third-order valence-corrected chi connectivity index (χ3v) is 5.02. The van der Waals surface area contributed by atoms with Crippen LogP contribution in [0.4, 0.5) is 5.82 Å². The normalized spacial score (nSPS) is 12.3. The molecule has 0 aliphatic carbocycles. The van der Waals surface area contributed by atoms with E-state index >= 15 is 0 Å². The molecular formula is C17H24N4O3S. The summed E-state index contributed by atoms with van der Waals surface area (Å²) < 4.78 is 5.12. The molecule has 136 valence electrons. The highest BCUT2D eigenvalue weighted by Gasteiger charge is 2.25. The first-order valence-corrected chi connectivity index (χ1v) is 9.04. The zero-order valence-electron chi connectivity index (χ0n) is 15.4. The Balaban J connectivity index is 2.56. The van der Waals surface area contributed by atoms with Crippen LogP contribution in [0.1, 0.15) is 41.8 Å². The van der Waals surface area contributed by atoms with Crippen LogP contribution >= 0.6 is 11.3 Å². The second-order valence-corrected chi connectivity index (χ2v) is 7.06. The Morgan fingerprint density at radius 3 is 2.48 bits per heavy atom. The summed E-state index contributed by atoms with van der Waals surface area (Å²) in [5.41, 5.74) is 0.764. The molecule has 1 atom stereocenters. The van der Waals surface area contributed by atoms with E-state index in [0.717, 1.165) is 10.9 Å². The fourth-order valence-corrected chi connectivity index (χ4v) is 3.70. The van der Waals surface area contributed by atoms with Crippen molar-refractivity contribution in [2.75, 3.05) is 19.0 Å². The third-order valence-electron chi connectivity index (χ3n) is 3.85. The van der Waals surface area contributed by atoms with Gasteiger partial charge in [0.15, 0.2) is 0 Å². The summed E-state index contributed by atoms with van der Waals surface area (Å²) in [7, 11) is 1.61. The molecular weight excluding hydrogens is 340 g/mol. The van der Waals surface area contributed by atoms with Crippen molar-refractivity contribution in [3.05, 3.63) is 16.3 Å². The van der Waals surface area contributed by atoms with Crippen molar-refractivity contribution < 1.29 is 14.3 Å². The molecule has 8 heteroatoms. The zero-order chi connectivity index (χ0) is 18.7. The first-order chi connectivity index (χ1) is 11.8. The Morgan fingerprint density at radius 2 is 1.92 bits per heavy atom. The molecule has 0 fully saturated rings. The van der Waals surface area contributed by atoms with Crippen LogP contribution in [0.3, 0.4) is 0 Å². The highest BCUT2D eigenvalue weighted by molar-refractivity contribution is 7.20. The Labute approximate surface area is 151 Å². The lowest BCUT2D eigenvalue weighted by atomic mass is 10.0. The fourth-order valence-electron chi connectivity index (χ4n) is 2.58. The summed E-state index contributed by atoms with van der Waals surface area (Å²) in [6, 6.07) is -0.437. The van der Waals surface area contributed by atoms with E-state index in [1.807, 2.05) is 20.8 Å². The summed E-state index contributed by atoms with van der Waals surface area (Å²) in [4.78, 5) is 34.5. The van der Waals surface area contributed by atoms with Crippen molar-refractivity contribution in [2.24, 2.45) is 5.92 Å². The summed E-state index contributed by atoms with van der Waals surface area (Å²) in [6.07, 6.45) is 0. The van der Waals surface area contributed by atoms with Gasteiger partial charge in [0, 0.05) is 7.05 Å². The maximum absolute atomic E-state index is 12.2. The lowest BCUT2D eigenvalue weighted by molar-refractivity contribution is -0.122. The second kappa shape index (κ2) is 7.77. The van der Waals surface area contributed by atoms with E-state index in [2.05, 4.69) is 20.6 Å². The number of amides is 1. The van der Waals surface area contributed by atoms with Crippen LogP contribution < -0.4 is 10.6 Å². The van der Waals surface area contributed by atoms with E-state index in [0.29, 0.717) is 28.0 Å². The molecule has 2 aromatic rings. The van der Waals surface area contributed by atoms with Gasteiger partial charge >= 0.3 is 5.97 Å². The lowest BCUT2D eigenvalue weighted by Crippen LogP contribution is -2.41. The molecule has 2 rings (SSSR count). The fraction of sp³-hybridized carbons (Fsp3) is 0.529. The van der Waals surface area contributed by atoms with Crippen molar-refractivity contribution >= 4 is 39.2 Å². The predicted molar refractivity (Wildman–Crippen MR) is 99.2 cm³/mol.